The molecule has 2 aromatic rings. The van der Waals surface area contributed by atoms with E-state index in [2.05, 4.69) is 21.0 Å². The van der Waals surface area contributed by atoms with Gasteiger partial charge >= 0.3 is 0 Å². The third-order valence-corrected chi connectivity index (χ3v) is 2.33. The van der Waals surface area contributed by atoms with Gasteiger partial charge in [-0.1, -0.05) is 12.1 Å². The zero-order valence-corrected chi connectivity index (χ0v) is 9.64. The van der Waals surface area contributed by atoms with Crippen molar-refractivity contribution in [2.45, 2.75) is 6.92 Å². The lowest BCUT2D eigenvalue weighted by molar-refractivity contribution is 0.0956. The van der Waals surface area contributed by atoms with Gasteiger partial charge in [0.25, 0.3) is 5.91 Å². The predicted octanol–water partition coefficient (Wildman–Crippen LogP) is 1.68. The number of amides is 1. The lowest BCUT2D eigenvalue weighted by Crippen LogP contribution is -2.31. The van der Waals surface area contributed by atoms with Crippen LogP contribution >= 0.6 is 0 Å². The van der Waals surface area contributed by atoms with Crippen molar-refractivity contribution >= 4 is 11.6 Å². The van der Waals surface area contributed by atoms with Gasteiger partial charge in [-0.15, -0.1) is 5.10 Å². The molecule has 18 heavy (non-hydrogen) atoms. The van der Waals surface area contributed by atoms with E-state index < -0.39 is 11.7 Å². The second-order valence-electron chi connectivity index (χ2n) is 3.62. The summed E-state index contributed by atoms with van der Waals surface area (Å²) >= 11 is 0. The molecule has 0 fully saturated rings. The van der Waals surface area contributed by atoms with Crippen LogP contribution in [0.2, 0.25) is 0 Å². The van der Waals surface area contributed by atoms with Crippen molar-refractivity contribution in [1.29, 1.82) is 0 Å². The first kappa shape index (κ1) is 12.0. The maximum Gasteiger partial charge on any atom is 0.290 e. The number of aromatic nitrogens is 2. The number of hydrazine groups is 1. The summed E-state index contributed by atoms with van der Waals surface area (Å²) in [7, 11) is 0. The number of nitrogens with zero attached hydrogens (tertiary/aromatic N) is 2. The molecule has 0 aliphatic carbocycles. The van der Waals surface area contributed by atoms with Crippen LogP contribution in [0.25, 0.3) is 0 Å². The minimum atomic E-state index is -0.481. The van der Waals surface area contributed by atoms with Crippen LogP contribution in [0.1, 0.15) is 16.1 Å². The van der Waals surface area contributed by atoms with E-state index in [1.807, 2.05) is 0 Å². The third-order valence-electron chi connectivity index (χ3n) is 2.33. The molecule has 1 heterocycles. The predicted molar refractivity (Wildman–Crippen MR) is 64.3 cm³/mol. The Morgan fingerprint density at radius 3 is 2.78 bits per heavy atom. The third kappa shape index (κ3) is 2.60. The largest absolute Gasteiger partial charge is 0.295 e. The second kappa shape index (κ2) is 5.22. The van der Waals surface area contributed by atoms with E-state index in [1.165, 1.54) is 18.3 Å². The van der Waals surface area contributed by atoms with E-state index in [9.17, 15) is 9.18 Å². The van der Waals surface area contributed by atoms with Crippen LogP contribution in [0.15, 0.2) is 36.5 Å². The number of para-hydroxylation sites is 1. The Balaban J connectivity index is 2.07. The molecule has 5 nitrogen and oxygen atoms in total. The zero-order chi connectivity index (χ0) is 13.0. The smallest absolute Gasteiger partial charge is 0.290 e. The summed E-state index contributed by atoms with van der Waals surface area (Å²) in [6.45, 7) is 1.74. The van der Waals surface area contributed by atoms with Gasteiger partial charge in [-0.3, -0.25) is 15.6 Å². The minimum Gasteiger partial charge on any atom is -0.295 e. The monoisotopic (exact) mass is 246 g/mol. The Labute approximate surface area is 103 Å². The number of aryl methyl sites for hydroxylation is 1. The van der Waals surface area contributed by atoms with Crippen molar-refractivity contribution in [3.8, 4) is 0 Å². The first-order chi connectivity index (χ1) is 8.68. The second-order valence-corrected chi connectivity index (χ2v) is 3.62. The molecule has 1 aromatic carbocycles. The summed E-state index contributed by atoms with van der Waals surface area (Å²) in [5.74, 6) is -0.916. The van der Waals surface area contributed by atoms with Crippen LogP contribution in [0.5, 0.6) is 0 Å². The van der Waals surface area contributed by atoms with Crippen molar-refractivity contribution < 1.29 is 9.18 Å². The van der Waals surface area contributed by atoms with E-state index in [1.54, 1.807) is 25.1 Å². The Hall–Kier alpha value is -2.50. The van der Waals surface area contributed by atoms with Gasteiger partial charge in [0.2, 0.25) is 0 Å². The minimum absolute atomic E-state index is 0.152. The van der Waals surface area contributed by atoms with E-state index in [-0.39, 0.29) is 11.4 Å². The lowest BCUT2D eigenvalue weighted by atomic mass is 10.2. The maximum absolute atomic E-state index is 13.5. The molecule has 0 spiro atoms. The van der Waals surface area contributed by atoms with E-state index in [0.717, 1.165) is 0 Å². The molecular weight excluding hydrogens is 235 g/mol. The number of carbonyl (C=O) groups excluding carboxylic acids is 1. The summed E-state index contributed by atoms with van der Waals surface area (Å²) in [5.41, 5.74) is 5.97. The van der Waals surface area contributed by atoms with Crippen molar-refractivity contribution in [2.75, 3.05) is 5.43 Å². The van der Waals surface area contributed by atoms with Crippen LogP contribution in [-0.4, -0.2) is 16.1 Å². The molecule has 92 valence electrons. The van der Waals surface area contributed by atoms with E-state index in [0.29, 0.717) is 5.56 Å². The average Bonchev–Trinajstić information content (AvgIpc) is 2.39. The van der Waals surface area contributed by atoms with Crippen LogP contribution in [0.3, 0.4) is 0 Å². The lowest BCUT2D eigenvalue weighted by Gasteiger charge is -2.11. The molecule has 0 aliphatic rings. The molecule has 0 unspecified atom stereocenters. The Bertz CT molecular complexity index is 539. The molecule has 6 heteroatoms. The average molecular weight is 246 g/mol. The molecule has 2 N–H and O–H groups in total. The summed E-state index contributed by atoms with van der Waals surface area (Å²) in [6.07, 6.45) is 1.46. The fourth-order valence-electron chi connectivity index (χ4n) is 1.40. The zero-order valence-electron chi connectivity index (χ0n) is 9.64. The fraction of sp³-hybridized carbons (Fsp3) is 0.0833. The highest BCUT2D eigenvalue weighted by molar-refractivity contribution is 5.92. The molecule has 0 radical (unpaired) electrons. The highest BCUT2D eigenvalue weighted by Crippen LogP contribution is 2.17. The summed E-state index contributed by atoms with van der Waals surface area (Å²) < 4.78 is 13.5. The van der Waals surface area contributed by atoms with Crippen LogP contribution in [0, 0.1) is 12.7 Å². The maximum atomic E-state index is 13.5. The number of benzene rings is 1. The molecule has 1 aromatic heterocycles. The van der Waals surface area contributed by atoms with Gasteiger partial charge in [-0.05, 0) is 30.7 Å². The number of hydrogen-bond donors (Lipinski definition) is 2. The number of anilines is 1. The summed E-state index contributed by atoms with van der Waals surface area (Å²) in [6, 6.07) is 7.75. The van der Waals surface area contributed by atoms with Gasteiger partial charge in [-0.25, -0.2) is 4.39 Å². The first-order valence-corrected chi connectivity index (χ1v) is 5.27. The standard InChI is InChI=1S/C12H11FN4O/c1-8-4-2-5-9(13)11(8)16-17-12(18)10-6-3-7-14-15-10/h2-7,16H,1H3,(H,17,18). The molecule has 1 amide bonds. The quantitative estimate of drug-likeness (QED) is 0.808. The normalized spacial score (nSPS) is 9.89. The van der Waals surface area contributed by atoms with E-state index in [4.69, 9.17) is 0 Å². The van der Waals surface area contributed by atoms with Crippen molar-refractivity contribution in [3.63, 3.8) is 0 Å². The van der Waals surface area contributed by atoms with Gasteiger partial charge in [0.1, 0.15) is 5.82 Å². The number of nitrogens with one attached hydrogen (secondary N) is 2. The number of carbonyl (C=O) groups is 1. The molecule has 0 bridgehead atoms. The number of hydrogen-bond acceptors (Lipinski definition) is 4. The summed E-state index contributed by atoms with van der Waals surface area (Å²) in [5, 5.41) is 7.22. The highest BCUT2D eigenvalue weighted by Gasteiger charge is 2.09. The molecular formula is C12H11FN4O. The Kier molecular flexibility index (Phi) is 3.47. The van der Waals surface area contributed by atoms with Gasteiger partial charge < -0.3 is 0 Å². The van der Waals surface area contributed by atoms with Crippen molar-refractivity contribution in [3.05, 3.63) is 53.6 Å². The molecule has 0 saturated carbocycles. The Morgan fingerprint density at radius 1 is 1.28 bits per heavy atom. The van der Waals surface area contributed by atoms with Crippen LogP contribution in [0.4, 0.5) is 10.1 Å². The van der Waals surface area contributed by atoms with Crippen LogP contribution in [-0.2, 0) is 0 Å². The van der Waals surface area contributed by atoms with Gasteiger partial charge in [0.05, 0.1) is 5.69 Å². The van der Waals surface area contributed by atoms with Crippen molar-refractivity contribution in [1.82, 2.24) is 15.6 Å². The fourth-order valence-corrected chi connectivity index (χ4v) is 1.40. The highest BCUT2D eigenvalue weighted by atomic mass is 19.1. The Morgan fingerprint density at radius 2 is 2.11 bits per heavy atom. The number of rotatable bonds is 3. The van der Waals surface area contributed by atoms with Gasteiger partial charge in [0.15, 0.2) is 5.69 Å². The van der Waals surface area contributed by atoms with E-state index >= 15 is 0 Å². The SMILES string of the molecule is Cc1cccc(F)c1NNC(=O)c1cccnn1. The summed E-state index contributed by atoms with van der Waals surface area (Å²) in [4.78, 5) is 11.6. The first-order valence-electron chi connectivity index (χ1n) is 5.27. The van der Waals surface area contributed by atoms with Crippen molar-refractivity contribution in [2.24, 2.45) is 0 Å². The molecule has 2 rings (SSSR count). The molecule has 0 aliphatic heterocycles. The van der Waals surface area contributed by atoms with Crippen LogP contribution < -0.4 is 10.9 Å². The van der Waals surface area contributed by atoms with Gasteiger partial charge in [-0.2, -0.15) is 5.10 Å². The molecule has 0 saturated heterocycles. The van der Waals surface area contributed by atoms with Gasteiger partial charge in [0, 0.05) is 6.20 Å². The topological polar surface area (TPSA) is 66.9 Å². The number of halogens is 1. The molecule has 0 atom stereocenters.